The number of hydrogen-bond acceptors (Lipinski definition) is 4. The second-order valence-electron chi connectivity index (χ2n) is 7.26. The Kier molecular flexibility index (Phi) is 5.21. The molecule has 5 heteroatoms. The van der Waals surface area contributed by atoms with Gasteiger partial charge in [0.1, 0.15) is 0 Å². The van der Waals surface area contributed by atoms with Crippen LogP contribution in [0.1, 0.15) is 31.2 Å². The van der Waals surface area contributed by atoms with Gasteiger partial charge in [-0.15, -0.1) is 11.8 Å². The smallest absolute Gasteiger partial charge is 0.247 e. The quantitative estimate of drug-likeness (QED) is 0.737. The molecule has 4 nitrogen and oxygen atoms in total. The molecule has 0 aromatic heterocycles. The van der Waals surface area contributed by atoms with Crippen LogP contribution in [0.15, 0.2) is 53.4 Å². The van der Waals surface area contributed by atoms with Crippen LogP contribution in [-0.4, -0.2) is 30.2 Å². The van der Waals surface area contributed by atoms with E-state index >= 15 is 0 Å². The van der Waals surface area contributed by atoms with E-state index in [4.69, 9.17) is 0 Å². The Bertz CT molecular complexity index is 826. The van der Waals surface area contributed by atoms with Crippen LogP contribution in [0.2, 0.25) is 0 Å². The lowest BCUT2D eigenvalue weighted by molar-refractivity contribution is -0.121. The summed E-state index contributed by atoms with van der Waals surface area (Å²) in [5.74, 6) is -0.230. The number of carbonyl (C=O) groups excluding carboxylic acids is 2. The zero-order valence-electron chi connectivity index (χ0n) is 15.6. The van der Waals surface area contributed by atoms with E-state index in [1.807, 2.05) is 55.5 Å². The molecule has 2 aliphatic rings. The third-order valence-electron chi connectivity index (χ3n) is 5.23. The van der Waals surface area contributed by atoms with Crippen LogP contribution in [0.4, 0.5) is 11.4 Å². The molecule has 2 aliphatic heterocycles. The van der Waals surface area contributed by atoms with Gasteiger partial charge in [0.2, 0.25) is 11.8 Å². The third kappa shape index (κ3) is 3.88. The normalized spacial score (nSPS) is 20.4. The first kappa shape index (κ1) is 18.1. The van der Waals surface area contributed by atoms with Crippen molar-refractivity contribution in [2.45, 2.75) is 42.8 Å². The van der Waals surface area contributed by atoms with Crippen LogP contribution in [0, 0.1) is 6.92 Å². The molecule has 0 N–H and O–H groups in total. The van der Waals surface area contributed by atoms with Gasteiger partial charge < -0.3 is 4.90 Å². The van der Waals surface area contributed by atoms with Crippen molar-refractivity contribution >= 4 is 35.0 Å². The van der Waals surface area contributed by atoms with Gasteiger partial charge in [-0.2, -0.15) is 0 Å². The van der Waals surface area contributed by atoms with Crippen molar-refractivity contribution in [1.82, 2.24) is 0 Å². The minimum atomic E-state index is -0.345. The molecule has 0 aliphatic carbocycles. The highest BCUT2D eigenvalue weighted by atomic mass is 32.2. The molecule has 1 atom stereocenters. The SMILES string of the molecule is Cc1ccc(SC2CC(=O)N(c3ccc(N4CCCCC4)cc3)C2=O)cc1. The van der Waals surface area contributed by atoms with Crippen molar-refractivity contribution in [3.05, 3.63) is 54.1 Å². The van der Waals surface area contributed by atoms with Gasteiger partial charge in [-0.25, -0.2) is 4.90 Å². The van der Waals surface area contributed by atoms with Gasteiger partial charge in [0.05, 0.1) is 10.9 Å². The summed E-state index contributed by atoms with van der Waals surface area (Å²) in [5.41, 5.74) is 3.03. The molecule has 2 aromatic rings. The van der Waals surface area contributed by atoms with Gasteiger partial charge in [0.25, 0.3) is 0 Å². The van der Waals surface area contributed by atoms with Crippen LogP contribution >= 0.6 is 11.8 Å². The van der Waals surface area contributed by atoms with E-state index in [1.165, 1.54) is 47.2 Å². The van der Waals surface area contributed by atoms with Crippen molar-refractivity contribution in [3.8, 4) is 0 Å². The van der Waals surface area contributed by atoms with E-state index in [0.29, 0.717) is 5.69 Å². The Morgan fingerprint density at radius 1 is 0.852 bits per heavy atom. The van der Waals surface area contributed by atoms with Crippen LogP contribution < -0.4 is 9.80 Å². The molecule has 0 bridgehead atoms. The Hall–Kier alpha value is -2.27. The highest BCUT2D eigenvalue weighted by molar-refractivity contribution is 8.00. The maximum absolute atomic E-state index is 12.8. The fourth-order valence-corrected chi connectivity index (χ4v) is 4.77. The van der Waals surface area contributed by atoms with Crippen LogP contribution in [0.5, 0.6) is 0 Å². The summed E-state index contributed by atoms with van der Waals surface area (Å²) in [6.45, 7) is 4.19. The zero-order chi connectivity index (χ0) is 18.8. The predicted molar refractivity (Wildman–Crippen MR) is 110 cm³/mol. The molecule has 0 spiro atoms. The van der Waals surface area contributed by atoms with E-state index in [1.54, 1.807) is 0 Å². The summed E-state index contributed by atoms with van der Waals surface area (Å²) in [6, 6.07) is 15.9. The number of carbonyl (C=O) groups is 2. The number of imide groups is 1. The number of hydrogen-bond donors (Lipinski definition) is 0. The van der Waals surface area contributed by atoms with Crippen LogP contribution in [0.25, 0.3) is 0 Å². The van der Waals surface area contributed by atoms with Crippen LogP contribution in [-0.2, 0) is 9.59 Å². The number of rotatable bonds is 4. The topological polar surface area (TPSA) is 40.6 Å². The fourth-order valence-electron chi connectivity index (χ4n) is 3.71. The molecule has 2 aromatic carbocycles. The first-order valence-corrected chi connectivity index (χ1v) is 10.4. The molecule has 2 fully saturated rings. The van der Waals surface area contributed by atoms with E-state index in [0.717, 1.165) is 18.0 Å². The Morgan fingerprint density at radius 3 is 2.15 bits per heavy atom. The summed E-state index contributed by atoms with van der Waals surface area (Å²) < 4.78 is 0. The third-order valence-corrected chi connectivity index (χ3v) is 6.43. The Labute approximate surface area is 164 Å². The van der Waals surface area contributed by atoms with Crippen molar-refractivity contribution in [2.75, 3.05) is 22.9 Å². The highest BCUT2D eigenvalue weighted by Gasteiger charge is 2.40. The number of anilines is 2. The molecule has 1 unspecified atom stereocenters. The molecule has 140 valence electrons. The lowest BCUT2D eigenvalue weighted by atomic mass is 10.1. The standard InChI is InChI=1S/C22H24N2O2S/c1-16-5-11-19(12-6-16)27-20-15-21(25)24(22(20)26)18-9-7-17(8-10-18)23-13-3-2-4-14-23/h5-12,20H,2-4,13-15H2,1H3. The number of thioether (sulfide) groups is 1. The summed E-state index contributed by atoms with van der Waals surface area (Å²) >= 11 is 1.48. The largest absolute Gasteiger partial charge is 0.372 e. The molecule has 0 saturated carbocycles. The minimum absolute atomic E-state index is 0.115. The number of nitrogens with zero attached hydrogens (tertiary/aromatic N) is 2. The summed E-state index contributed by atoms with van der Waals surface area (Å²) in [4.78, 5) is 30.1. The molecule has 0 radical (unpaired) electrons. The Morgan fingerprint density at radius 2 is 1.48 bits per heavy atom. The zero-order valence-corrected chi connectivity index (χ0v) is 16.4. The maximum Gasteiger partial charge on any atom is 0.247 e. The number of benzene rings is 2. The van der Waals surface area contributed by atoms with Gasteiger partial charge in [-0.1, -0.05) is 17.7 Å². The molecular weight excluding hydrogens is 356 g/mol. The van der Waals surface area contributed by atoms with Crippen LogP contribution in [0.3, 0.4) is 0 Å². The van der Waals surface area contributed by atoms with Gasteiger partial charge in [-0.05, 0) is 62.6 Å². The molecule has 4 rings (SSSR count). The number of aryl methyl sites for hydroxylation is 1. The number of piperidine rings is 1. The number of amides is 2. The highest BCUT2D eigenvalue weighted by Crippen LogP contribution is 2.34. The van der Waals surface area contributed by atoms with Crippen molar-refractivity contribution in [2.24, 2.45) is 0 Å². The average Bonchev–Trinajstić information content (AvgIpc) is 2.98. The van der Waals surface area contributed by atoms with Crippen molar-refractivity contribution in [3.63, 3.8) is 0 Å². The lowest BCUT2D eigenvalue weighted by Crippen LogP contribution is -2.31. The van der Waals surface area contributed by atoms with E-state index in [9.17, 15) is 9.59 Å². The summed E-state index contributed by atoms with van der Waals surface area (Å²) in [5, 5.41) is -0.345. The molecule has 2 amide bonds. The lowest BCUT2D eigenvalue weighted by Gasteiger charge is -2.29. The van der Waals surface area contributed by atoms with Gasteiger partial charge in [-0.3, -0.25) is 9.59 Å². The first-order chi connectivity index (χ1) is 13.1. The fraction of sp³-hybridized carbons (Fsp3) is 0.364. The monoisotopic (exact) mass is 380 g/mol. The van der Waals surface area contributed by atoms with Gasteiger partial charge >= 0.3 is 0 Å². The van der Waals surface area contributed by atoms with Gasteiger partial charge in [0.15, 0.2) is 0 Å². The maximum atomic E-state index is 12.8. The van der Waals surface area contributed by atoms with Gasteiger partial charge in [0, 0.05) is 30.1 Å². The predicted octanol–water partition coefficient (Wildman–Crippen LogP) is 4.41. The summed E-state index contributed by atoms with van der Waals surface area (Å²) in [7, 11) is 0. The molecule has 2 heterocycles. The second kappa shape index (κ2) is 7.77. The molecular formula is C22H24N2O2S. The van der Waals surface area contributed by atoms with E-state index in [-0.39, 0.29) is 23.5 Å². The van der Waals surface area contributed by atoms with Crippen molar-refractivity contribution < 1.29 is 9.59 Å². The van der Waals surface area contributed by atoms with Crippen molar-refractivity contribution in [1.29, 1.82) is 0 Å². The minimum Gasteiger partial charge on any atom is -0.372 e. The second-order valence-corrected chi connectivity index (χ2v) is 8.53. The van der Waals surface area contributed by atoms with E-state index < -0.39 is 0 Å². The first-order valence-electron chi connectivity index (χ1n) is 9.57. The summed E-state index contributed by atoms with van der Waals surface area (Å²) in [6.07, 6.45) is 4.00. The Balaban J connectivity index is 1.47. The van der Waals surface area contributed by atoms with E-state index in [2.05, 4.69) is 4.90 Å². The average molecular weight is 381 g/mol. The molecule has 27 heavy (non-hydrogen) atoms. The molecule has 2 saturated heterocycles.